The van der Waals surface area contributed by atoms with Crippen LogP contribution in [0, 0.1) is 23.0 Å². The van der Waals surface area contributed by atoms with E-state index in [1.807, 2.05) is 0 Å². The van der Waals surface area contributed by atoms with Crippen molar-refractivity contribution in [3.05, 3.63) is 97.4 Å². The molecular weight excluding hydrogens is 536 g/mol. The monoisotopic (exact) mass is 547 g/mol. The Morgan fingerprint density at radius 3 is 2.39 bits per heavy atom. The molecule has 3 aromatic carbocycles. The van der Waals surface area contributed by atoms with E-state index in [0.29, 0.717) is 20.3 Å². The number of nitriles is 1. The lowest BCUT2D eigenvalue weighted by atomic mass is 10.1. The van der Waals surface area contributed by atoms with Gasteiger partial charge in [0.25, 0.3) is 5.91 Å². The normalized spacial score (nSPS) is 10.7. The van der Waals surface area contributed by atoms with Crippen molar-refractivity contribution in [2.75, 3.05) is 0 Å². The molecule has 0 heterocycles. The van der Waals surface area contributed by atoms with Crippen LogP contribution in [-0.4, -0.2) is 12.1 Å². The zero-order valence-electron chi connectivity index (χ0n) is 15.7. The highest BCUT2D eigenvalue weighted by atomic mass is 79.9. The van der Waals surface area contributed by atoms with Crippen molar-refractivity contribution in [1.29, 1.82) is 5.26 Å². The lowest BCUT2D eigenvalue weighted by Gasteiger charge is -2.11. The van der Waals surface area contributed by atoms with Crippen LogP contribution in [0.3, 0.4) is 0 Å². The van der Waals surface area contributed by atoms with Gasteiger partial charge in [0, 0.05) is 0 Å². The van der Waals surface area contributed by atoms with Crippen molar-refractivity contribution in [2.45, 2.75) is 6.61 Å². The number of benzene rings is 3. The smallest absolute Gasteiger partial charge is 0.274 e. The number of rotatable bonds is 6. The van der Waals surface area contributed by atoms with E-state index in [9.17, 15) is 13.6 Å². The molecule has 0 spiro atoms. The molecule has 0 unspecified atom stereocenters. The van der Waals surface area contributed by atoms with Crippen LogP contribution in [0.4, 0.5) is 8.78 Å². The second-order valence-electron chi connectivity index (χ2n) is 6.23. The van der Waals surface area contributed by atoms with E-state index in [2.05, 4.69) is 42.4 Å². The summed E-state index contributed by atoms with van der Waals surface area (Å²) in [6.45, 7) is 0.247. The zero-order chi connectivity index (χ0) is 22.4. The SMILES string of the molecule is N#Cc1ccc(C(=O)N/N=C\c2cc(Br)c(OCc3ccc(F)cc3)c(Br)c2)c(F)c1. The number of nitrogens with zero attached hydrogens (tertiary/aromatic N) is 2. The van der Waals surface area contributed by atoms with Gasteiger partial charge in [-0.15, -0.1) is 0 Å². The summed E-state index contributed by atoms with van der Waals surface area (Å²) in [5.74, 6) is -1.32. The molecule has 1 N–H and O–H groups in total. The van der Waals surface area contributed by atoms with Crippen molar-refractivity contribution in [3.63, 3.8) is 0 Å². The van der Waals surface area contributed by atoms with E-state index in [1.54, 1.807) is 30.3 Å². The fourth-order valence-electron chi connectivity index (χ4n) is 2.52. The molecule has 0 bridgehead atoms. The van der Waals surface area contributed by atoms with E-state index in [0.717, 1.165) is 11.6 Å². The summed E-state index contributed by atoms with van der Waals surface area (Å²) in [7, 11) is 0. The van der Waals surface area contributed by atoms with Crippen LogP contribution < -0.4 is 10.2 Å². The Hall–Kier alpha value is -3.09. The maximum absolute atomic E-state index is 13.9. The number of amides is 1. The van der Waals surface area contributed by atoms with Crippen molar-refractivity contribution in [3.8, 4) is 11.8 Å². The van der Waals surface area contributed by atoms with Crippen LogP contribution in [0.25, 0.3) is 0 Å². The summed E-state index contributed by atoms with van der Waals surface area (Å²) in [4.78, 5) is 12.1. The number of halogens is 4. The molecule has 31 heavy (non-hydrogen) atoms. The largest absolute Gasteiger partial charge is 0.487 e. The molecule has 1 amide bonds. The van der Waals surface area contributed by atoms with Gasteiger partial charge in [-0.05, 0) is 85.5 Å². The minimum absolute atomic E-state index is 0.119. The highest BCUT2D eigenvalue weighted by Crippen LogP contribution is 2.35. The van der Waals surface area contributed by atoms with Crippen molar-refractivity contribution in [2.24, 2.45) is 5.10 Å². The van der Waals surface area contributed by atoms with E-state index in [-0.39, 0.29) is 23.6 Å². The molecule has 0 aliphatic rings. The van der Waals surface area contributed by atoms with E-state index < -0.39 is 11.7 Å². The Morgan fingerprint density at radius 2 is 1.77 bits per heavy atom. The predicted molar refractivity (Wildman–Crippen MR) is 119 cm³/mol. The van der Waals surface area contributed by atoms with Crippen LogP contribution >= 0.6 is 31.9 Å². The first-order valence-electron chi connectivity index (χ1n) is 8.76. The first-order chi connectivity index (χ1) is 14.9. The van der Waals surface area contributed by atoms with Gasteiger partial charge in [-0.25, -0.2) is 14.2 Å². The number of carbonyl (C=O) groups is 1. The Labute approximate surface area is 193 Å². The quantitative estimate of drug-likeness (QED) is 0.317. The number of hydrogen-bond acceptors (Lipinski definition) is 4. The molecule has 0 atom stereocenters. The van der Waals surface area contributed by atoms with Crippen molar-refractivity contribution in [1.82, 2.24) is 5.43 Å². The van der Waals surface area contributed by atoms with E-state index >= 15 is 0 Å². The van der Waals surface area contributed by atoms with Crippen molar-refractivity contribution >= 4 is 44.0 Å². The molecule has 9 heteroatoms. The minimum Gasteiger partial charge on any atom is -0.487 e. The maximum atomic E-state index is 13.9. The van der Waals surface area contributed by atoms with E-state index in [4.69, 9.17) is 10.00 Å². The summed E-state index contributed by atoms with van der Waals surface area (Å²) >= 11 is 6.85. The summed E-state index contributed by atoms with van der Waals surface area (Å²) in [6.07, 6.45) is 1.39. The van der Waals surface area contributed by atoms with E-state index in [1.165, 1.54) is 30.5 Å². The molecule has 5 nitrogen and oxygen atoms in total. The molecule has 0 saturated heterocycles. The Morgan fingerprint density at radius 1 is 1.10 bits per heavy atom. The van der Waals surface area contributed by atoms with Crippen LogP contribution in [0.1, 0.15) is 27.0 Å². The van der Waals surface area contributed by atoms with Crippen LogP contribution in [0.15, 0.2) is 68.6 Å². The van der Waals surface area contributed by atoms with Gasteiger partial charge in [0.2, 0.25) is 0 Å². The third kappa shape index (κ3) is 5.96. The Balaban J connectivity index is 1.65. The standard InChI is InChI=1S/C22H13Br2F2N3O2/c23-18-7-15(8-19(24)21(18)31-12-13-1-4-16(25)5-2-13)11-28-29-22(30)17-6-3-14(10-27)9-20(17)26/h1-9,11H,12H2,(H,29,30)/b28-11-. The molecule has 0 fully saturated rings. The van der Waals surface area contributed by atoms with Crippen LogP contribution in [0.2, 0.25) is 0 Å². The summed E-state index contributed by atoms with van der Waals surface area (Å²) in [5.41, 5.74) is 3.59. The van der Waals surface area contributed by atoms with Gasteiger partial charge in [0.15, 0.2) is 0 Å². The molecule has 0 saturated carbocycles. The third-order valence-corrected chi connectivity index (χ3v) is 5.22. The number of hydrazone groups is 1. The average molecular weight is 549 g/mol. The van der Waals surface area contributed by atoms with Gasteiger partial charge in [0.1, 0.15) is 24.0 Å². The third-order valence-electron chi connectivity index (χ3n) is 4.04. The topological polar surface area (TPSA) is 74.5 Å². The first-order valence-corrected chi connectivity index (χ1v) is 10.4. The molecule has 3 aromatic rings. The van der Waals surface area contributed by atoms with Gasteiger partial charge in [-0.2, -0.15) is 10.4 Å². The van der Waals surface area contributed by atoms with Crippen molar-refractivity contribution < 1.29 is 18.3 Å². The molecule has 156 valence electrons. The Bertz CT molecular complexity index is 1170. The van der Waals surface area contributed by atoms with Gasteiger partial charge in [-0.3, -0.25) is 4.79 Å². The van der Waals surface area contributed by atoms with Crippen LogP contribution in [0.5, 0.6) is 5.75 Å². The lowest BCUT2D eigenvalue weighted by molar-refractivity contribution is 0.0951. The number of hydrogen-bond donors (Lipinski definition) is 1. The summed E-state index contributed by atoms with van der Waals surface area (Å²) in [6, 6.07) is 14.8. The molecule has 0 radical (unpaired) electrons. The van der Waals surface area contributed by atoms with Crippen LogP contribution in [-0.2, 0) is 6.61 Å². The second kappa shape index (κ2) is 10.3. The summed E-state index contributed by atoms with van der Waals surface area (Å²) < 4.78 is 33.9. The molecular formula is C22H13Br2F2N3O2. The fourth-order valence-corrected chi connectivity index (χ4v) is 3.97. The van der Waals surface area contributed by atoms with Gasteiger partial charge in [0.05, 0.1) is 32.4 Å². The van der Waals surface area contributed by atoms with Gasteiger partial charge < -0.3 is 4.74 Å². The lowest BCUT2D eigenvalue weighted by Crippen LogP contribution is -2.19. The van der Waals surface area contributed by atoms with Gasteiger partial charge >= 0.3 is 0 Å². The minimum atomic E-state index is -0.806. The summed E-state index contributed by atoms with van der Waals surface area (Å²) in [5, 5.41) is 12.6. The predicted octanol–water partition coefficient (Wildman–Crippen LogP) is 5.70. The number of ether oxygens (including phenoxy) is 1. The molecule has 0 aliphatic heterocycles. The van der Waals surface area contributed by atoms with Gasteiger partial charge in [-0.1, -0.05) is 12.1 Å². The molecule has 0 aromatic heterocycles. The number of carbonyl (C=O) groups excluding carboxylic acids is 1. The first kappa shape index (κ1) is 22.6. The fraction of sp³-hybridized carbons (Fsp3) is 0.0455. The Kier molecular flexibility index (Phi) is 7.50. The maximum Gasteiger partial charge on any atom is 0.274 e. The highest BCUT2D eigenvalue weighted by molar-refractivity contribution is 9.11. The average Bonchev–Trinajstić information content (AvgIpc) is 2.74. The zero-order valence-corrected chi connectivity index (χ0v) is 18.9. The number of nitrogens with one attached hydrogen (secondary N) is 1. The second-order valence-corrected chi connectivity index (χ2v) is 7.94. The highest BCUT2D eigenvalue weighted by Gasteiger charge is 2.12. The molecule has 0 aliphatic carbocycles. The molecule has 3 rings (SSSR count).